The van der Waals surface area contributed by atoms with Crippen molar-refractivity contribution in [2.45, 2.75) is 25.3 Å². The number of pyridine rings is 1. The van der Waals surface area contributed by atoms with E-state index >= 15 is 0 Å². The fourth-order valence-electron chi connectivity index (χ4n) is 8.59. The fourth-order valence-corrected chi connectivity index (χ4v) is 8.59. The molecule has 10 aliphatic heterocycles. The number of carbonyl (C=O) groups is 7. The van der Waals surface area contributed by atoms with Crippen LogP contribution in [-0.2, 0) is 0 Å². The second kappa shape index (κ2) is 27.2. The lowest BCUT2D eigenvalue weighted by Crippen LogP contribution is -2.49. The second-order valence-electron chi connectivity index (χ2n) is 18.1. The Labute approximate surface area is 440 Å². The Balaban J connectivity index is 1.37. The molecular formula is C50H64N12O15. The molecule has 7 amide bonds. The molecule has 77 heavy (non-hydrogen) atoms. The summed E-state index contributed by atoms with van der Waals surface area (Å²) in [5, 5.41) is 94.9. The predicted molar refractivity (Wildman–Crippen MR) is 275 cm³/mol. The van der Waals surface area contributed by atoms with Crippen molar-refractivity contribution < 1.29 is 69.4 Å². The number of benzene rings is 3. The number of hydrogen-bond donors (Lipinski definition) is 15. The Morgan fingerprint density at radius 1 is 0.481 bits per heavy atom. The molecule has 1 atom stereocenters. The van der Waals surface area contributed by atoms with E-state index in [0.29, 0.717) is 25.8 Å². The fraction of sp³-hybridized carbons (Fsp3) is 0.400. The molecular weight excluding hydrogens is 1010 g/mol. The summed E-state index contributed by atoms with van der Waals surface area (Å²) >= 11 is 0. The third-order valence-corrected chi connectivity index (χ3v) is 12.9. The summed E-state index contributed by atoms with van der Waals surface area (Å²) in [4.78, 5) is 112. The van der Waals surface area contributed by atoms with Gasteiger partial charge in [-0.2, -0.15) is 0 Å². The smallest absolute Gasteiger partial charge is 0.283 e. The number of unbranched alkanes of at least 4 members (excludes halogenated alkanes) is 1. The van der Waals surface area contributed by atoms with Crippen molar-refractivity contribution in [2.24, 2.45) is 5.73 Å². The summed E-state index contributed by atoms with van der Waals surface area (Å²) in [6, 6.07) is 9.91. The van der Waals surface area contributed by atoms with Gasteiger partial charge in [0.05, 0.1) is 33.4 Å². The van der Waals surface area contributed by atoms with Crippen LogP contribution < -0.4 is 48.5 Å². The highest BCUT2D eigenvalue weighted by Crippen LogP contribution is 2.35. The first kappa shape index (κ1) is 57.6. The zero-order valence-electron chi connectivity index (χ0n) is 42.0. The molecule has 11 heterocycles. The van der Waals surface area contributed by atoms with Gasteiger partial charge in [-0.05, 0) is 61.9 Å². The molecule has 0 radical (unpaired) electrons. The largest absolute Gasteiger partial charge is 0.504 e. The maximum Gasteiger partial charge on any atom is 0.283 e. The lowest BCUT2D eigenvalue weighted by Gasteiger charge is -2.31. The van der Waals surface area contributed by atoms with E-state index in [1.54, 1.807) is 9.80 Å². The summed E-state index contributed by atoms with van der Waals surface area (Å²) in [7, 11) is 0. The third-order valence-electron chi connectivity index (χ3n) is 12.9. The first-order valence-corrected chi connectivity index (χ1v) is 24.8. The van der Waals surface area contributed by atoms with E-state index in [0.717, 1.165) is 42.5 Å². The number of hydrogen-bond acceptors (Lipinski definition) is 19. The van der Waals surface area contributed by atoms with Gasteiger partial charge in [0.2, 0.25) is 0 Å². The van der Waals surface area contributed by atoms with Gasteiger partial charge in [0.1, 0.15) is 5.69 Å². The summed E-state index contributed by atoms with van der Waals surface area (Å²) in [5.41, 5.74) is 2.47. The van der Waals surface area contributed by atoms with Gasteiger partial charge in [-0.25, -0.2) is 0 Å². The molecule has 8 bridgehead atoms. The van der Waals surface area contributed by atoms with Crippen LogP contribution in [-0.4, -0.2) is 207 Å². The minimum Gasteiger partial charge on any atom is -0.504 e. The highest BCUT2D eigenvalue weighted by atomic mass is 16.5. The van der Waals surface area contributed by atoms with Crippen molar-refractivity contribution in [2.75, 3.05) is 105 Å². The van der Waals surface area contributed by atoms with E-state index in [-0.39, 0.29) is 142 Å². The number of phenols is 6. The molecule has 16 N–H and O–H groups in total. The van der Waals surface area contributed by atoms with E-state index in [1.165, 1.54) is 12.1 Å². The van der Waals surface area contributed by atoms with Crippen molar-refractivity contribution in [3.8, 4) is 34.5 Å². The zero-order valence-corrected chi connectivity index (χ0v) is 42.0. The van der Waals surface area contributed by atoms with Gasteiger partial charge in [-0.3, -0.25) is 53.1 Å². The molecule has 414 valence electrons. The Morgan fingerprint density at radius 3 is 1.17 bits per heavy atom. The van der Waals surface area contributed by atoms with Crippen LogP contribution in [0.15, 0.2) is 59.4 Å². The van der Waals surface area contributed by atoms with Crippen LogP contribution in [0.1, 0.15) is 91.9 Å². The standard InChI is InChI=1S/C50H64N12O15/c51-13-2-1-4-29(58-50(76)36-5-3-6-37(63)62(36)77)28-61-25-19-57-49(75)35-12-11-32(40(66)43(35)69)46(72)54-16-22-59-20-14-52-44(70)30-7-9-33(41(67)38(30)64)47(73)55-17-23-60(26-27-61)24-18-56-48(74)34-10-8-31(39(65)42(34)68)45(71)53-15-21-59/h3,5-12,29,64-69,77H,1-2,4,13-28,51H2,(H,52,70)(H,53,71)(H,54,72)(H,55,73)(H,56,74)(H,57,75)(H,58,76). The van der Waals surface area contributed by atoms with Crippen molar-refractivity contribution in [1.29, 1.82) is 0 Å². The minimum atomic E-state index is -0.883. The number of nitrogens with one attached hydrogen (secondary N) is 7. The number of aromatic nitrogens is 1. The second-order valence-corrected chi connectivity index (χ2v) is 18.1. The lowest BCUT2D eigenvalue weighted by atomic mass is 10.1. The number of carbonyl (C=O) groups excluding carboxylic acids is 7. The van der Waals surface area contributed by atoms with E-state index in [1.807, 2.05) is 4.90 Å². The monoisotopic (exact) mass is 1070 g/mol. The number of phenolic OH excluding ortho intramolecular Hbond substituents is 6. The first-order chi connectivity index (χ1) is 36.9. The molecule has 0 fully saturated rings. The number of nitrogens with zero attached hydrogens (tertiary/aromatic N) is 4. The van der Waals surface area contributed by atoms with E-state index in [9.17, 15) is 74.2 Å². The highest BCUT2D eigenvalue weighted by molar-refractivity contribution is 6.05. The molecule has 27 nitrogen and oxygen atoms in total. The van der Waals surface area contributed by atoms with E-state index in [4.69, 9.17) is 5.73 Å². The van der Waals surface area contributed by atoms with Gasteiger partial charge in [0.25, 0.3) is 46.9 Å². The number of aromatic hydroxyl groups is 6. The number of nitrogens with two attached hydrogens (primary N) is 1. The lowest BCUT2D eigenvalue weighted by molar-refractivity contribution is 0.0851. The van der Waals surface area contributed by atoms with Crippen molar-refractivity contribution in [3.05, 3.63) is 104 Å². The van der Waals surface area contributed by atoms with Crippen LogP contribution in [0.3, 0.4) is 0 Å². The number of rotatable bonds is 8. The predicted octanol–water partition coefficient (Wildman–Crippen LogP) is -2.04. The van der Waals surface area contributed by atoms with E-state index in [2.05, 4.69) is 37.2 Å². The van der Waals surface area contributed by atoms with Crippen molar-refractivity contribution >= 4 is 41.4 Å². The number of amides is 7. The van der Waals surface area contributed by atoms with Crippen LogP contribution in [0.25, 0.3) is 0 Å². The summed E-state index contributed by atoms with van der Waals surface area (Å²) in [5.74, 6) is -10.9. The van der Waals surface area contributed by atoms with Crippen LogP contribution in [0, 0.1) is 0 Å². The van der Waals surface area contributed by atoms with Crippen LogP contribution in [0.5, 0.6) is 34.5 Å². The topological polar surface area (TPSA) is 403 Å². The SMILES string of the molecule is NCCCCC(CN1CCNC(=O)c2ccc(c(O)c2O)C(=O)NCCN2CCNC(=O)c3ccc(c(O)c3O)C(=O)NCCN(CCNC(=O)c3ccc(c(O)c3O)C(=O)NCC2)CC1)NC(=O)c1cccc(=O)n1O. The minimum absolute atomic E-state index is 0.0456. The maximum absolute atomic E-state index is 13.6. The molecule has 1 unspecified atom stereocenters. The molecule has 0 spiro atoms. The quantitative estimate of drug-likeness (QED) is 0.0513. The van der Waals surface area contributed by atoms with Gasteiger partial charge >= 0.3 is 0 Å². The van der Waals surface area contributed by atoms with Gasteiger partial charge in [0.15, 0.2) is 34.5 Å². The zero-order chi connectivity index (χ0) is 55.8. The Bertz CT molecular complexity index is 2800. The Kier molecular flexibility index (Phi) is 20.4. The Hall–Kier alpha value is -8.66. The molecule has 3 aromatic carbocycles. The molecule has 27 heteroatoms. The highest BCUT2D eigenvalue weighted by Gasteiger charge is 2.27. The van der Waals surface area contributed by atoms with Gasteiger partial charge in [-0.1, -0.05) is 12.5 Å². The normalized spacial score (nSPS) is 18.6. The van der Waals surface area contributed by atoms with Crippen molar-refractivity contribution in [1.82, 2.24) is 56.6 Å². The Morgan fingerprint density at radius 2 is 0.818 bits per heavy atom. The molecule has 10 aliphatic rings. The van der Waals surface area contributed by atoms with Crippen molar-refractivity contribution in [3.63, 3.8) is 0 Å². The van der Waals surface area contributed by atoms with Crippen LogP contribution >= 0.6 is 0 Å². The maximum atomic E-state index is 13.6. The van der Waals surface area contributed by atoms with Crippen LogP contribution in [0.4, 0.5) is 0 Å². The summed E-state index contributed by atoms with van der Waals surface area (Å²) in [6.45, 7) is 0.547. The molecule has 4 aromatic rings. The third kappa shape index (κ3) is 15.0. The van der Waals surface area contributed by atoms with E-state index < -0.39 is 87.4 Å². The van der Waals surface area contributed by atoms with Crippen LogP contribution in [0.2, 0.25) is 0 Å². The van der Waals surface area contributed by atoms with Gasteiger partial charge < -0.3 is 78.8 Å². The molecule has 0 saturated heterocycles. The molecule has 1 aromatic heterocycles. The van der Waals surface area contributed by atoms with Gasteiger partial charge in [-0.15, -0.1) is 4.73 Å². The first-order valence-electron chi connectivity index (χ1n) is 24.8. The molecule has 0 saturated carbocycles. The molecule has 0 aliphatic carbocycles. The summed E-state index contributed by atoms with van der Waals surface area (Å²) < 4.78 is 0.213. The average molecular weight is 1070 g/mol. The average Bonchev–Trinajstić information content (AvgIpc) is 3.40. The van der Waals surface area contributed by atoms with Gasteiger partial charge in [0, 0.05) is 110 Å². The summed E-state index contributed by atoms with van der Waals surface area (Å²) in [6.07, 6.45) is 1.48. The molecule has 14 rings (SSSR count).